The molecule has 120 valence electrons. The number of hydrogen-bond acceptors (Lipinski definition) is 5. The van der Waals surface area contributed by atoms with E-state index in [1.165, 1.54) is 6.42 Å². The van der Waals surface area contributed by atoms with Gasteiger partial charge in [-0.1, -0.05) is 0 Å². The number of carbonyl (C=O) groups excluding carboxylic acids is 3. The Bertz CT molecular complexity index is 519. The lowest BCUT2D eigenvalue weighted by atomic mass is 9.48. The number of carbonyl (C=O) groups is 3. The highest BCUT2D eigenvalue weighted by Crippen LogP contribution is 2.59. The Hall–Kier alpha value is -1.47. The van der Waals surface area contributed by atoms with E-state index in [0.717, 1.165) is 42.4 Å². The van der Waals surface area contributed by atoms with Crippen LogP contribution in [0.4, 0.5) is 0 Å². The molecule has 7 nitrogen and oxygen atoms in total. The lowest BCUT2D eigenvalue weighted by Crippen LogP contribution is -2.76. The zero-order chi connectivity index (χ0) is 15.5. The average Bonchev–Trinajstić information content (AvgIpc) is 2.49. The van der Waals surface area contributed by atoms with E-state index < -0.39 is 11.4 Å². The molecule has 4 aliphatic carbocycles. The Labute approximate surface area is 128 Å². The van der Waals surface area contributed by atoms with Crippen molar-refractivity contribution in [2.24, 2.45) is 29.5 Å². The molecule has 4 saturated carbocycles. The fourth-order valence-corrected chi connectivity index (χ4v) is 5.64. The fraction of sp³-hybridized carbons (Fsp3) is 0.800. The van der Waals surface area contributed by atoms with Gasteiger partial charge in [-0.05, 0) is 55.8 Å². The lowest BCUT2D eigenvalue weighted by molar-refractivity contribution is -0.171. The summed E-state index contributed by atoms with van der Waals surface area (Å²) in [6.07, 6.45) is 5.57. The summed E-state index contributed by atoms with van der Waals surface area (Å²) < 4.78 is 0. The first-order chi connectivity index (χ1) is 10.5. The Morgan fingerprint density at radius 2 is 1.77 bits per heavy atom. The quantitative estimate of drug-likeness (QED) is 0.266. The van der Waals surface area contributed by atoms with E-state index in [0.29, 0.717) is 11.8 Å². The van der Waals surface area contributed by atoms with Gasteiger partial charge in [0.1, 0.15) is 12.1 Å². The third-order valence-corrected chi connectivity index (χ3v) is 6.32. The molecule has 5 rings (SSSR count). The van der Waals surface area contributed by atoms with Gasteiger partial charge in [-0.3, -0.25) is 30.0 Å². The maximum absolute atomic E-state index is 13.1. The van der Waals surface area contributed by atoms with Gasteiger partial charge >= 0.3 is 0 Å². The third kappa shape index (κ3) is 1.78. The number of piperazine rings is 1. The van der Waals surface area contributed by atoms with Crippen molar-refractivity contribution in [3.63, 3.8) is 0 Å². The van der Waals surface area contributed by atoms with Gasteiger partial charge in [0.15, 0.2) is 0 Å². The van der Waals surface area contributed by atoms with Crippen molar-refractivity contribution in [2.45, 2.75) is 37.6 Å². The van der Waals surface area contributed by atoms with E-state index in [2.05, 4.69) is 5.32 Å². The van der Waals surface area contributed by atoms with Gasteiger partial charge in [-0.15, -0.1) is 0 Å². The maximum Gasteiger partial charge on any atom is 0.254 e. The normalized spacial score (nSPS) is 43.0. The van der Waals surface area contributed by atoms with Gasteiger partial charge in [0.2, 0.25) is 5.91 Å². The molecule has 4 N–H and O–H groups in total. The zero-order valence-electron chi connectivity index (χ0n) is 12.5. The molecule has 1 spiro atoms. The molecule has 5 fully saturated rings. The molecule has 1 saturated heterocycles. The molecule has 0 aromatic carbocycles. The number of nitrogens with one attached hydrogen (secondary N) is 2. The lowest BCUT2D eigenvalue weighted by Gasteiger charge is -2.62. The van der Waals surface area contributed by atoms with Gasteiger partial charge in [0.05, 0.1) is 6.54 Å². The monoisotopic (exact) mass is 306 g/mol. The minimum Gasteiger partial charge on any atom is -0.294 e. The largest absolute Gasteiger partial charge is 0.294 e. The van der Waals surface area contributed by atoms with E-state index >= 15 is 0 Å². The minimum absolute atomic E-state index is 0.131. The van der Waals surface area contributed by atoms with Crippen molar-refractivity contribution < 1.29 is 14.4 Å². The van der Waals surface area contributed by atoms with Crippen molar-refractivity contribution in [1.29, 1.82) is 0 Å². The summed E-state index contributed by atoms with van der Waals surface area (Å²) in [6.45, 7) is -0.143. The molecule has 22 heavy (non-hydrogen) atoms. The van der Waals surface area contributed by atoms with Crippen molar-refractivity contribution >= 4 is 17.7 Å². The second-order valence-corrected chi connectivity index (χ2v) is 7.38. The van der Waals surface area contributed by atoms with Crippen LogP contribution < -0.4 is 16.6 Å². The Balaban J connectivity index is 1.65. The molecular formula is C15H22N4O3. The van der Waals surface area contributed by atoms with E-state index in [-0.39, 0.29) is 24.9 Å². The SMILES string of the molecule is NNC(=O)CN1C(=O)CNC2(C1=O)C1CC3CC(C1)CC2C3. The van der Waals surface area contributed by atoms with Crippen molar-refractivity contribution in [1.82, 2.24) is 15.6 Å². The molecule has 0 atom stereocenters. The molecule has 0 aromatic heterocycles. The van der Waals surface area contributed by atoms with Gasteiger partial charge < -0.3 is 0 Å². The Kier molecular flexibility index (Phi) is 3.06. The molecule has 1 aliphatic heterocycles. The van der Waals surface area contributed by atoms with E-state index in [1.807, 2.05) is 5.43 Å². The molecule has 0 radical (unpaired) electrons. The number of nitrogens with two attached hydrogens (primary N) is 1. The van der Waals surface area contributed by atoms with Crippen molar-refractivity contribution in [3.8, 4) is 0 Å². The number of amides is 3. The highest BCUT2D eigenvalue weighted by Gasteiger charge is 2.63. The number of hydrogen-bond donors (Lipinski definition) is 3. The topological polar surface area (TPSA) is 105 Å². The predicted molar refractivity (Wildman–Crippen MR) is 76.8 cm³/mol. The molecule has 5 aliphatic rings. The highest BCUT2D eigenvalue weighted by atomic mass is 16.2. The molecule has 1 heterocycles. The molecule has 7 heteroatoms. The maximum atomic E-state index is 13.1. The standard InChI is InChI=1S/C15H22N4O3/c16-18-12(20)7-19-13(21)6-17-15(14(19)22)10-2-8-1-9(4-10)5-11(15)3-8/h8-11,17H,1-7,16H2,(H,18,20). The van der Waals surface area contributed by atoms with Gasteiger partial charge in [-0.25, -0.2) is 5.84 Å². The predicted octanol–water partition coefficient (Wildman–Crippen LogP) is -0.870. The average molecular weight is 306 g/mol. The van der Waals surface area contributed by atoms with Crippen LogP contribution in [0.25, 0.3) is 0 Å². The number of hydrazine groups is 1. The van der Waals surface area contributed by atoms with Crippen LogP contribution in [-0.2, 0) is 14.4 Å². The summed E-state index contributed by atoms with van der Waals surface area (Å²) in [7, 11) is 0. The molecule has 0 aromatic rings. The van der Waals surface area contributed by atoms with Crippen LogP contribution in [-0.4, -0.2) is 41.2 Å². The van der Waals surface area contributed by atoms with Crippen LogP contribution in [0, 0.1) is 23.7 Å². The molecule has 3 amide bonds. The van der Waals surface area contributed by atoms with Crippen LogP contribution in [0.2, 0.25) is 0 Å². The first kappa shape index (κ1) is 14.1. The van der Waals surface area contributed by atoms with Crippen molar-refractivity contribution in [2.75, 3.05) is 13.1 Å². The molecular weight excluding hydrogens is 284 g/mol. The second kappa shape index (κ2) is 4.76. The molecule has 4 bridgehead atoms. The van der Waals surface area contributed by atoms with Gasteiger partial charge in [0, 0.05) is 0 Å². The van der Waals surface area contributed by atoms with Crippen LogP contribution in [0.15, 0.2) is 0 Å². The van der Waals surface area contributed by atoms with Crippen LogP contribution >= 0.6 is 0 Å². The second-order valence-electron chi connectivity index (χ2n) is 7.38. The summed E-state index contributed by atoms with van der Waals surface area (Å²) in [5.74, 6) is 6.12. The van der Waals surface area contributed by atoms with Crippen LogP contribution in [0.5, 0.6) is 0 Å². The Morgan fingerprint density at radius 1 is 1.18 bits per heavy atom. The summed E-state index contributed by atoms with van der Waals surface area (Å²) in [5.41, 5.74) is 1.38. The Morgan fingerprint density at radius 3 is 2.32 bits per heavy atom. The zero-order valence-corrected chi connectivity index (χ0v) is 12.5. The minimum atomic E-state index is -0.629. The summed E-state index contributed by atoms with van der Waals surface area (Å²) in [5, 5.41) is 3.29. The number of rotatable bonds is 2. The summed E-state index contributed by atoms with van der Waals surface area (Å²) in [6, 6.07) is 0. The fourth-order valence-electron chi connectivity index (χ4n) is 5.64. The van der Waals surface area contributed by atoms with Gasteiger partial charge in [0.25, 0.3) is 11.8 Å². The van der Waals surface area contributed by atoms with Crippen molar-refractivity contribution in [3.05, 3.63) is 0 Å². The molecule has 0 unspecified atom stereocenters. The third-order valence-electron chi connectivity index (χ3n) is 6.32. The first-order valence-electron chi connectivity index (χ1n) is 8.13. The highest BCUT2D eigenvalue weighted by molar-refractivity contribution is 6.06. The van der Waals surface area contributed by atoms with Gasteiger partial charge in [-0.2, -0.15) is 0 Å². The summed E-state index contributed by atoms with van der Waals surface area (Å²) in [4.78, 5) is 37.9. The summed E-state index contributed by atoms with van der Waals surface area (Å²) >= 11 is 0. The van der Waals surface area contributed by atoms with E-state index in [9.17, 15) is 14.4 Å². The van der Waals surface area contributed by atoms with E-state index in [4.69, 9.17) is 5.84 Å². The van der Waals surface area contributed by atoms with Crippen LogP contribution in [0.1, 0.15) is 32.1 Å². The number of imide groups is 1. The first-order valence-corrected chi connectivity index (χ1v) is 8.13. The smallest absolute Gasteiger partial charge is 0.254 e. The van der Waals surface area contributed by atoms with Crippen LogP contribution in [0.3, 0.4) is 0 Å². The van der Waals surface area contributed by atoms with E-state index in [1.54, 1.807) is 0 Å². The number of nitrogens with zero attached hydrogens (tertiary/aromatic N) is 1.